The summed E-state index contributed by atoms with van der Waals surface area (Å²) in [6, 6.07) is 1.94. The molecule has 7 heteroatoms. The molecule has 102 valence electrons. The number of nitrogens with one attached hydrogen (secondary N) is 1. The van der Waals surface area contributed by atoms with Crippen molar-refractivity contribution in [3.63, 3.8) is 0 Å². The minimum Gasteiger partial charge on any atom is -0.337 e. The predicted octanol–water partition coefficient (Wildman–Crippen LogP) is 3.72. The predicted molar refractivity (Wildman–Crippen MR) is 79.6 cm³/mol. The molecule has 1 N–H and O–H groups in total. The zero-order valence-corrected chi connectivity index (χ0v) is 13.8. The Morgan fingerprint density at radius 2 is 2.21 bits per heavy atom. The molecule has 0 spiro atoms. The largest absolute Gasteiger partial charge is 0.337 e. The maximum atomic E-state index is 5.27. The SMILES string of the molecule is CCCNC(C)c1nc(-c2ncc(Br)cc2Br)no1. The molecule has 0 fully saturated rings. The Kier molecular flexibility index (Phi) is 5.06. The van der Waals surface area contributed by atoms with Crippen LogP contribution in [-0.2, 0) is 0 Å². The van der Waals surface area contributed by atoms with Crippen LogP contribution in [0.5, 0.6) is 0 Å². The van der Waals surface area contributed by atoms with Crippen molar-refractivity contribution in [2.75, 3.05) is 6.54 Å². The molecule has 1 atom stereocenters. The quantitative estimate of drug-likeness (QED) is 0.844. The second kappa shape index (κ2) is 6.58. The highest BCUT2D eigenvalue weighted by atomic mass is 79.9. The van der Waals surface area contributed by atoms with Crippen molar-refractivity contribution in [1.82, 2.24) is 20.4 Å². The molecule has 0 saturated heterocycles. The van der Waals surface area contributed by atoms with E-state index in [1.165, 1.54) is 0 Å². The molecule has 2 rings (SSSR count). The third kappa shape index (κ3) is 3.61. The Bertz CT molecular complexity index is 558. The van der Waals surface area contributed by atoms with E-state index < -0.39 is 0 Å². The topological polar surface area (TPSA) is 63.8 Å². The lowest BCUT2D eigenvalue weighted by atomic mass is 10.3. The second-order valence-electron chi connectivity index (χ2n) is 4.12. The number of rotatable bonds is 5. The van der Waals surface area contributed by atoms with Crippen LogP contribution in [0.1, 0.15) is 32.2 Å². The molecule has 0 aliphatic carbocycles. The van der Waals surface area contributed by atoms with Gasteiger partial charge in [-0.15, -0.1) is 0 Å². The Morgan fingerprint density at radius 3 is 2.89 bits per heavy atom. The van der Waals surface area contributed by atoms with Gasteiger partial charge in [-0.05, 0) is 57.8 Å². The van der Waals surface area contributed by atoms with Crippen molar-refractivity contribution >= 4 is 31.9 Å². The number of pyridine rings is 1. The summed E-state index contributed by atoms with van der Waals surface area (Å²) in [6.07, 6.45) is 2.76. The van der Waals surface area contributed by atoms with Crippen LogP contribution in [0.4, 0.5) is 0 Å². The molecule has 0 aliphatic rings. The number of hydrogen-bond donors (Lipinski definition) is 1. The van der Waals surface area contributed by atoms with Gasteiger partial charge in [0.05, 0.1) is 6.04 Å². The normalized spacial score (nSPS) is 12.6. The fourth-order valence-electron chi connectivity index (χ4n) is 1.53. The number of aromatic nitrogens is 3. The van der Waals surface area contributed by atoms with Crippen molar-refractivity contribution in [3.8, 4) is 11.5 Å². The van der Waals surface area contributed by atoms with Gasteiger partial charge in [0.25, 0.3) is 0 Å². The highest BCUT2D eigenvalue weighted by Crippen LogP contribution is 2.27. The molecule has 0 saturated carbocycles. The minimum absolute atomic E-state index is 0.0374. The number of nitrogens with zero attached hydrogens (tertiary/aromatic N) is 3. The second-order valence-corrected chi connectivity index (χ2v) is 5.89. The zero-order chi connectivity index (χ0) is 13.8. The van der Waals surface area contributed by atoms with Gasteiger partial charge in [-0.3, -0.25) is 4.98 Å². The van der Waals surface area contributed by atoms with Crippen LogP contribution in [-0.4, -0.2) is 21.7 Å². The fraction of sp³-hybridized carbons (Fsp3) is 0.417. The van der Waals surface area contributed by atoms with E-state index in [4.69, 9.17) is 4.52 Å². The summed E-state index contributed by atoms with van der Waals surface area (Å²) in [5.74, 6) is 1.06. The van der Waals surface area contributed by atoms with Gasteiger partial charge in [-0.25, -0.2) is 0 Å². The average molecular weight is 390 g/mol. The third-order valence-corrected chi connectivity index (χ3v) is 3.57. The van der Waals surface area contributed by atoms with Crippen LogP contribution in [0.3, 0.4) is 0 Å². The Hall–Kier alpha value is -0.790. The first-order chi connectivity index (χ1) is 9.11. The summed E-state index contributed by atoms with van der Waals surface area (Å²) < 4.78 is 6.98. The van der Waals surface area contributed by atoms with Crippen LogP contribution in [0, 0.1) is 0 Å². The van der Waals surface area contributed by atoms with Gasteiger partial charge in [-0.1, -0.05) is 12.1 Å². The molecule has 2 heterocycles. The monoisotopic (exact) mass is 388 g/mol. The molecule has 0 aromatic carbocycles. The first-order valence-electron chi connectivity index (χ1n) is 6.00. The van der Waals surface area contributed by atoms with Crippen LogP contribution in [0.15, 0.2) is 25.7 Å². The molecule has 2 aromatic rings. The minimum atomic E-state index is 0.0374. The standard InChI is InChI=1S/C12H14Br2N4O/c1-3-4-15-7(2)12-17-11(18-19-12)10-9(14)5-8(13)6-16-10/h5-7,15H,3-4H2,1-2H3. The van der Waals surface area contributed by atoms with Crippen LogP contribution < -0.4 is 5.32 Å². The van der Waals surface area contributed by atoms with Crippen molar-refractivity contribution in [3.05, 3.63) is 27.1 Å². The van der Waals surface area contributed by atoms with Gasteiger partial charge >= 0.3 is 0 Å². The summed E-state index contributed by atoms with van der Waals surface area (Å²) in [5.41, 5.74) is 0.667. The first kappa shape index (κ1) is 14.6. The molecule has 5 nitrogen and oxygen atoms in total. The zero-order valence-electron chi connectivity index (χ0n) is 10.7. The van der Waals surface area contributed by atoms with E-state index in [2.05, 4.69) is 59.2 Å². The Balaban J connectivity index is 2.20. The van der Waals surface area contributed by atoms with E-state index in [0.29, 0.717) is 17.4 Å². The van der Waals surface area contributed by atoms with E-state index >= 15 is 0 Å². The fourth-order valence-corrected chi connectivity index (χ4v) is 2.70. The van der Waals surface area contributed by atoms with Crippen molar-refractivity contribution in [1.29, 1.82) is 0 Å². The molecule has 0 bridgehead atoms. The lowest BCUT2D eigenvalue weighted by Crippen LogP contribution is -2.19. The van der Waals surface area contributed by atoms with Gasteiger partial charge in [0.1, 0.15) is 5.69 Å². The number of hydrogen-bond acceptors (Lipinski definition) is 5. The summed E-state index contributed by atoms with van der Waals surface area (Å²) in [4.78, 5) is 8.66. The lowest BCUT2D eigenvalue weighted by Gasteiger charge is -2.06. The van der Waals surface area contributed by atoms with Crippen molar-refractivity contribution in [2.45, 2.75) is 26.3 Å². The smallest absolute Gasteiger partial charge is 0.243 e. The highest BCUT2D eigenvalue weighted by Gasteiger charge is 2.17. The van der Waals surface area contributed by atoms with E-state index in [9.17, 15) is 0 Å². The molecule has 0 radical (unpaired) electrons. The Labute approximate surface area is 128 Å². The van der Waals surface area contributed by atoms with Crippen LogP contribution in [0.2, 0.25) is 0 Å². The van der Waals surface area contributed by atoms with Gasteiger partial charge in [0, 0.05) is 15.1 Å². The summed E-state index contributed by atoms with van der Waals surface area (Å²) >= 11 is 6.80. The molecule has 0 amide bonds. The van der Waals surface area contributed by atoms with E-state index in [0.717, 1.165) is 21.9 Å². The van der Waals surface area contributed by atoms with Crippen LogP contribution >= 0.6 is 31.9 Å². The molecular weight excluding hydrogens is 376 g/mol. The summed E-state index contributed by atoms with van der Waals surface area (Å²) in [6.45, 7) is 5.03. The molecule has 1 unspecified atom stereocenters. The highest BCUT2D eigenvalue weighted by molar-refractivity contribution is 9.11. The molecule has 19 heavy (non-hydrogen) atoms. The number of halogens is 2. The molecule has 2 aromatic heterocycles. The van der Waals surface area contributed by atoms with Crippen molar-refractivity contribution in [2.24, 2.45) is 0 Å². The average Bonchev–Trinajstić information content (AvgIpc) is 2.85. The van der Waals surface area contributed by atoms with Crippen LogP contribution in [0.25, 0.3) is 11.5 Å². The summed E-state index contributed by atoms with van der Waals surface area (Å²) in [7, 11) is 0. The first-order valence-corrected chi connectivity index (χ1v) is 7.58. The van der Waals surface area contributed by atoms with Gasteiger partial charge < -0.3 is 9.84 Å². The van der Waals surface area contributed by atoms with Crippen molar-refractivity contribution < 1.29 is 4.52 Å². The maximum Gasteiger partial charge on any atom is 0.243 e. The van der Waals surface area contributed by atoms with E-state index in [1.807, 2.05) is 13.0 Å². The van der Waals surface area contributed by atoms with E-state index in [-0.39, 0.29) is 6.04 Å². The van der Waals surface area contributed by atoms with Gasteiger partial charge in [-0.2, -0.15) is 4.98 Å². The molecular formula is C12H14Br2N4O. The lowest BCUT2D eigenvalue weighted by molar-refractivity contribution is 0.340. The maximum absolute atomic E-state index is 5.27. The van der Waals surface area contributed by atoms with Gasteiger partial charge in [0.2, 0.25) is 11.7 Å². The molecule has 0 aliphatic heterocycles. The van der Waals surface area contributed by atoms with E-state index in [1.54, 1.807) is 6.20 Å². The third-order valence-electron chi connectivity index (χ3n) is 2.53. The van der Waals surface area contributed by atoms with Gasteiger partial charge in [0.15, 0.2) is 0 Å². The summed E-state index contributed by atoms with van der Waals surface area (Å²) in [5, 5.41) is 7.27. The Morgan fingerprint density at radius 1 is 1.42 bits per heavy atom.